The van der Waals surface area contributed by atoms with Crippen LogP contribution in [0.4, 0.5) is 13.2 Å². The SMILES string of the molecule is N#CC(C#N)OC(OB(OF)OF)c1ccccc1P(F)(c1ccccc1)(c1ccccc1)c1ccccc1. The van der Waals surface area contributed by atoms with E-state index in [1.165, 1.54) is 18.2 Å². The molecule has 6 nitrogen and oxygen atoms in total. The van der Waals surface area contributed by atoms with Gasteiger partial charge in [-0.15, -0.1) is 0 Å². The molecule has 4 rings (SSSR count). The monoisotopic (exact) mass is 548 g/mol. The second-order valence-electron chi connectivity index (χ2n) is 8.28. The topological polar surface area (TPSA) is 84.5 Å². The van der Waals surface area contributed by atoms with E-state index >= 15 is 4.20 Å². The first-order valence-electron chi connectivity index (χ1n) is 11.7. The molecule has 0 fully saturated rings. The van der Waals surface area contributed by atoms with Gasteiger partial charge in [0.05, 0.1) is 0 Å². The van der Waals surface area contributed by atoms with E-state index in [9.17, 15) is 19.6 Å². The number of rotatable bonds is 11. The second kappa shape index (κ2) is 12.2. The molecule has 39 heavy (non-hydrogen) atoms. The Morgan fingerprint density at radius 1 is 0.641 bits per heavy atom. The number of ether oxygens (including phenoxy) is 1. The number of hydrogen-bond donors (Lipinski definition) is 0. The van der Waals surface area contributed by atoms with E-state index in [1.54, 1.807) is 109 Å². The van der Waals surface area contributed by atoms with Crippen LogP contribution in [0.2, 0.25) is 0 Å². The maximum atomic E-state index is 19.4. The van der Waals surface area contributed by atoms with Gasteiger partial charge in [0, 0.05) is 0 Å². The average Bonchev–Trinajstić information content (AvgIpc) is 3.02. The van der Waals surface area contributed by atoms with Crippen LogP contribution >= 0.6 is 6.91 Å². The molecule has 4 aromatic carbocycles. The Labute approximate surface area is 223 Å². The van der Waals surface area contributed by atoms with E-state index in [-0.39, 0.29) is 10.9 Å². The molecule has 1 unspecified atom stereocenters. The first-order valence-corrected chi connectivity index (χ1v) is 13.8. The summed E-state index contributed by atoms with van der Waals surface area (Å²) >= 11 is 0. The van der Waals surface area contributed by atoms with Crippen molar-refractivity contribution < 1.29 is 32.4 Å². The molecule has 0 saturated carbocycles. The Hall–Kier alpha value is -4.02. The van der Waals surface area contributed by atoms with Crippen molar-refractivity contribution in [3.8, 4) is 12.1 Å². The van der Waals surface area contributed by atoms with Crippen molar-refractivity contribution in [1.82, 2.24) is 0 Å². The van der Waals surface area contributed by atoms with E-state index in [1.807, 2.05) is 0 Å². The predicted molar refractivity (Wildman–Crippen MR) is 142 cm³/mol. The molecule has 0 aliphatic carbocycles. The predicted octanol–water partition coefficient (Wildman–Crippen LogP) is 4.96. The van der Waals surface area contributed by atoms with Crippen molar-refractivity contribution in [2.45, 2.75) is 12.4 Å². The molecule has 0 bridgehead atoms. The molecular formula is C28H21BF3N2O4P. The second-order valence-corrected chi connectivity index (χ2v) is 12.3. The molecule has 196 valence electrons. The van der Waals surface area contributed by atoms with Crippen molar-refractivity contribution in [2.24, 2.45) is 0 Å². The first-order chi connectivity index (χ1) is 19.0. The number of nitrogens with zero attached hydrogens (tertiary/aromatic N) is 2. The Bertz CT molecular complexity index is 1360. The minimum atomic E-state index is -5.18. The summed E-state index contributed by atoms with van der Waals surface area (Å²) in [6, 6.07) is 34.8. The molecular weight excluding hydrogens is 527 g/mol. The normalized spacial score (nSPS) is 13.0. The third kappa shape index (κ3) is 5.05. The van der Waals surface area contributed by atoms with Crippen LogP contribution < -0.4 is 21.2 Å². The summed E-state index contributed by atoms with van der Waals surface area (Å²) in [7, 11) is -2.54. The molecule has 0 aliphatic rings. The Balaban J connectivity index is 2.14. The van der Waals surface area contributed by atoms with Crippen LogP contribution in [0.15, 0.2) is 115 Å². The molecule has 4 aromatic rings. The van der Waals surface area contributed by atoms with Gasteiger partial charge in [0.1, 0.15) is 0 Å². The summed E-state index contributed by atoms with van der Waals surface area (Å²) < 4.78 is 56.1. The van der Waals surface area contributed by atoms with Gasteiger partial charge in [-0.3, -0.25) is 0 Å². The Morgan fingerprint density at radius 3 is 1.46 bits per heavy atom. The van der Waals surface area contributed by atoms with Crippen LogP contribution in [0, 0.1) is 22.7 Å². The van der Waals surface area contributed by atoms with Crippen molar-refractivity contribution in [3.05, 3.63) is 121 Å². The number of nitriles is 2. The van der Waals surface area contributed by atoms with Crippen molar-refractivity contribution >= 4 is 35.5 Å². The van der Waals surface area contributed by atoms with Gasteiger partial charge in [0.15, 0.2) is 0 Å². The quantitative estimate of drug-likeness (QED) is 0.150. The Kier molecular flexibility index (Phi) is 8.78. The molecule has 1 atom stereocenters. The van der Waals surface area contributed by atoms with Crippen LogP contribution in [0.3, 0.4) is 0 Å². The van der Waals surface area contributed by atoms with E-state index in [4.69, 9.17) is 9.39 Å². The van der Waals surface area contributed by atoms with Crippen LogP contribution in [0.5, 0.6) is 0 Å². The summed E-state index contributed by atoms with van der Waals surface area (Å²) in [5.41, 5.74) is -0.0381. The molecule has 11 heteroatoms. The number of benzene rings is 4. The van der Waals surface area contributed by atoms with Crippen molar-refractivity contribution in [2.75, 3.05) is 0 Å². The molecule has 0 heterocycles. The van der Waals surface area contributed by atoms with Gasteiger partial charge in [0.2, 0.25) is 0 Å². The zero-order valence-electron chi connectivity index (χ0n) is 20.3. The molecule has 0 aliphatic heterocycles. The molecule has 0 radical (unpaired) electrons. The fraction of sp³-hybridized carbons (Fsp3) is 0.0714. The van der Waals surface area contributed by atoms with Crippen LogP contribution in [0.1, 0.15) is 11.9 Å². The van der Waals surface area contributed by atoms with Gasteiger partial charge in [-0.1, -0.05) is 0 Å². The maximum absolute atomic E-state index is 19.4. The van der Waals surface area contributed by atoms with Crippen LogP contribution in [0.25, 0.3) is 0 Å². The average molecular weight is 548 g/mol. The molecule has 0 saturated heterocycles. The zero-order valence-corrected chi connectivity index (χ0v) is 21.2. The fourth-order valence-corrected chi connectivity index (χ4v) is 9.56. The minimum absolute atomic E-state index is 0.0381. The van der Waals surface area contributed by atoms with E-state index in [0.717, 1.165) is 0 Å². The third-order valence-corrected chi connectivity index (χ3v) is 11.4. The number of halogens is 3. The molecule has 0 spiro atoms. The van der Waals surface area contributed by atoms with Gasteiger partial charge in [-0.05, 0) is 0 Å². The number of hydrogen-bond acceptors (Lipinski definition) is 6. The van der Waals surface area contributed by atoms with Crippen LogP contribution in [-0.2, 0) is 19.1 Å². The Morgan fingerprint density at radius 2 is 1.05 bits per heavy atom. The summed E-state index contributed by atoms with van der Waals surface area (Å²) in [4.78, 5) is 6.71. The summed E-state index contributed by atoms with van der Waals surface area (Å²) in [6.07, 6.45) is -3.60. The molecule has 0 aromatic heterocycles. The van der Waals surface area contributed by atoms with E-state index in [0.29, 0.717) is 15.9 Å². The standard InChI is InChI=1S/C28H21BF3N2O4P/c30-37-29(38-31)36-28(35-22(20-33)21-34)26-18-10-11-19-27(26)39(32,23-12-4-1-5-13-23,24-14-6-2-7-15-24)25-16-8-3-9-17-25/h1-19,22,28H. The van der Waals surface area contributed by atoms with Gasteiger partial charge in [0.25, 0.3) is 0 Å². The summed E-state index contributed by atoms with van der Waals surface area (Å²) in [6.45, 7) is -5.18. The fourth-order valence-electron chi connectivity index (χ4n) is 4.61. The first kappa shape index (κ1) is 28.0. The summed E-state index contributed by atoms with van der Waals surface area (Å²) in [5.74, 6) is 0. The van der Waals surface area contributed by atoms with E-state index < -0.39 is 26.6 Å². The molecule has 0 amide bonds. The van der Waals surface area contributed by atoms with Gasteiger partial charge >= 0.3 is 224 Å². The third-order valence-electron chi connectivity index (χ3n) is 6.24. The molecule has 0 N–H and O–H groups in total. The zero-order chi connectivity index (χ0) is 27.7. The van der Waals surface area contributed by atoms with Crippen molar-refractivity contribution in [1.29, 1.82) is 10.5 Å². The van der Waals surface area contributed by atoms with Crippen LogP contribution in [-0.4, -0.2) is 13.4 Å². The van der Waals surface area contributed by atoms with Gasteiger partial charge in [-0.2, -0.15) is 0 Å². The van der Waals surface area contributed by atoms with Gasteiger partial charge in [-0.25, -0.2) is 0 Å². The summed E-state index contributed by atoms with van der Waals surface area (Å²) in [5, 5.41) is 19.7. The van der Waals surface area contributed by atoms with Crippen molar-refractivity contribution in [3.63, 3.8) is 0 Å². The van der Waals surface area contributed by atoms with E-state index in [2.05, 4.69) is 9.72 Å². The van der Waals surface area contributed by atoms with Gasteiger partial charge < -0.3 is 0 Å².